The number of nitrogens with zero attached hydrogens (tertiary/aromatic N) is 2. The summed E-state index contributed by atoms with van der Waals surface area (Å²) in [6.45, 7) is 1.17. The standard InChI is InChI=1S/C20H26N4O6/c25-15(9-13-23-17(27)5-6-18(23)28)21-11-3-1-2-4-12-22-16(26)10-14-24-19(29)7-8-20(24)30/h5-8H,1-4,9-14H2,(H,21,25)(H,22,26). The first kappa shape index (κ1) is 23.0. The highest BCUT2D eigenvalue weighted by Crippen LogP contribution is 2.05. The summed E-state index contributed by atoms with van der Waals surface area (Å²) in [5.41, 5.74) is 0. The van der Waals surface area contributed by atoms with Crippen LogP contribution >= 0.6 is 0 Å². The molecule has 10 nitrogen and oxygen atoms in total. The lowest BCUT2D eigenvalue weighted by Gasteiger charge is -2.13. The SMILES string of the molecule is O=C(CCN1C(=O)C=CC1=O)NCCCCCCNC(=O)CCN1C(=O)C=CC1=O. The fraction of sp³-hybridized carbons (Fsp3) is 0.500. The molecule has 2 aliphatic rings. The normalized spacial score (nSPS) is 15.5. The number of unbranched alkanes of at least 4 members (excludes halogenated alkanes) is 3. The topological polar surface area (TPSA) is 133 Å². The van der Waals surface area contributed by atoms with Crippen molar-refractivity contribution in [2.24, 2.45) is 0 Å². The number of amides is 6. The van der Waals surface area contributed by atoms with Crippen molar-refractivity contribution < 1.29 is 28.8 Å². The largest absolute Gasteiger partial charge is 0.356 e. The first-order valence-electron chi connectivity index (χ1n) is 9.99. The maximum absolute atomic E-state index is 11.7. The van der Waals surface area contributed by atoms with Gasteiger partial charge in [0.05, 0.1) is 0 Å². The van der Waals surface area contributed by atoms with E-state index in [-0.39, 0.29) is 37.7 Å². The van der Waals surface area contributed by atoms with Gasteiger partial charge in [-0.15, -0.1) is 0 Å². The van der Waals surface area contributed by atoms with Gasteiger partial charge in [0.25, 0.3) is 23.6 Å². The van der Waals surface area contributed by atoms with Gasteiger partial charge in [0.15, 0.2) is 0 Å². The molecule has 10 heteroatoms. The third kappa shape index (κ3) is 7.26. The van der Waals surface area contributed by atoms with E-state index >= 15 is 0 Å². The zero-order valence-electron chi connectivity index (χ0n) is 16.7. The molecule has 0 radical (unpaired) electrons. The number of imide groups is 2. The van der Waals surface area contributed by atoms with Crippen molar-refractivity contribution in [3.05, 3.63) is 24.3 Å². The number of rotatable bonds is 13. The highest BCUT2D eigenvalue weighted by atomic mass is 16.2. The second-order valence-electron chi connectivity index (χ2n) is 6.94. The minimum absolute atomic E-state index is 0.0762. The number of hydrogen-bond donors (Lipinski definition) is 2. The minimum Gasteiger partial charge on any atom is -0.356 e. The molecule has 2 rings (SSSR count). The number of nitrogens with one attached hydrogen (secondary N) is 2. The fourth-order valence-corrected chi connectivity index (χ4v) is 2.97. The van der Waals surface area contributed by atoms with Crippen molar-refractivity contribution in [2.45, 2.75) is 38.5 Å². The van der Waals surface area contributed by atoms with Crippen LogP contribution in [0.5, 0.6) is 0 Å². The highest BCUT2D eigenvalue weighted by molar-refractivity contribution is 6.13. The number of carbonyl (C=O) groups is 6. The van der Waals surface area contributed by atoms with Crippen LogP contribution in [0.2, 0.25) is 0 Å². The maximum Gasteiger partial charge on any atom is 0.253 e. The van der Waals surface area contributed by atoms with Crippen LogP contribution in [-0.4, -0.2) is 71.4 Å². The van der Waals surface area contributed by atoms with Crippen LogP contribution in [0, 0.1) is 0 Å². The summed E-state index contributed by atoms with van der Waals surface area (Å²) in [7, 11) is 0. The Labute approximate surface area is 174 Å². The Kier molecular flexibility index (Phi) is 8.92. The van der Waals surface area contributed by atoms with Crippen LogP contribution < -0.4 is 10.6 Å². The molecule has 2 N–H and O–H groups in total. The molecule has 0 aromatic carbocycles. The van der Waals surface area contributed by atoms with Gasteiger partial charge in [-0.3, -0.25) is 38.6 Å². The van der Waals surface area contributed by atoms with E-state index in [0.29, 0.717) is 13.1 Å². The molecule has 6 amide bonds. The average molecular weight is 418 g/mol. The quantitative estimate of drug-likeness (QED) is 0.303. The molecule has 0 aromatic heterocycles. The van der Waals surface area contributed by atoms with Gasteiger partial charge in [-0.25, -0.2) is 0 Å². The molecular formula is C20H26N4O6. The molecule has 0 aromatic rings. The Morgan fingerprint density at radius 1 is 0.600 bits per heavy atom. The summed E-state index contributed by atoms with van der Waals surface area (Å²) in [5.74, 6) is -1.99. The second kappa shape index (κ2) is 11.6. The molecule has 0 bridgehead atoms. The van der Waals surface area contributed by atoms with Crippen molar-refractivity contribution in [3.63, 3.8) is 0 Å². The predicted octanol–water partition coefficient (Wildman–Crippen LogP) is -0.591. The first-order chi connectivity index (χ1) is 14.4. The van der Waals surface area contributed by atoms with E-state index in [0.717, 1.165) is 35.5 Å². The molecule has 0 fully saturated rings. The molecule has 0 saturated carbocycles. The van der Waals surface area contributed by atoms with Gasteiger partial charge in [0, 0.05) is 63.3 Å². The van der Waals surface area contributed by atoms with Gasteiger partial charge in [0.1, 0.15) is 0 Å². The summed E-state index contributed by atoms with van der Waals surface area (Å²) in [5, 5.41) is 5.51. The third-order valence-corrected chi connectivity index (χ3v) is 4.67. The van der Waals surface area contributed by atoms with Crippen molar-refractivity contribution in [2.75, 3.05) is 26.2 Å². The molecule has 0 atom stereocenters. The molecule has 2 aliphatic heterocycles. The fourth-order valence-electron chi connectivity index (χ4n) is 2.97. The smallest absolute Gasteiger partial charge is 0.253 e. The zero-order chi connectivity index (χ0) is 21.9. The minimum atomic E-state index is -0.394. The molecule has 0 aliphatic carbocycles. The second-order valence-corrected chi connectivity index (χ2v) is 6.94. The summed E-state index contributed by atoms with van der Waals surface area (Å²) in [6.07, 6.45) is 8.25. The van der Waals surface area contributed by atoms with Crippen LogP contribution in [0.4, 0.5) is 0 Å². The van der Waals surface area contributed by atoms with E-state index < -0.39 is 23.6 Å². The monoisotopic (exact) mass is 418 g/mol. The van der Waals surface area contributed by atoms with Gasteiger partial charge >= 0.3 is 0 Å². The van der Waals surface area contributed by atoms with Gasteiger partial charge in [-0.05, 0) is 12.8 Å². The third-order valence-electron chi connectivity index (χ3n) is 4.67. The van der Waals surface area contributed by atoms with Crippen LogP contribution in [0.3, 0.4) is 0 Å². The molecule has 162 valence electrons. The predicted molar refractivity (Wildman–Crippen MR) is 105 cm³/mol. The highest BCUT2D eigenvalue weighted by Gasteiger charge is 2.24. The van der Waals surface area contributed by atoms with Gasteiger partial charge < -0.3 is 10.6 Å². The lowest BCUT2D eigenvalue weighted by atomic mass is 10.2. The molecular weight excluding hydrogens is 392 g/mol. The Bertz CT molecular complexity index is 673. The lowest BCUT2D eigenvalue weighted by Crippen LogP contribution is -2.35. The Hall–Kier alpha value is -3.30. The molecule has 2 heterocycles. The van der Waals surface area contributed by atoms with Gasteiger partial charge in [0.2, 0.25) is 11.8 Å². The summed E-state index contributed by atoms with van der Waals surface area (Å²) >= 11 is 0. The van der Waals surface area contributed by atoms with E-state index in [2.05, 4.69) is 10.6 Å². The Morgan fingerprint density at radius 3 is 1.27 bits per heavy atom. The van der Waals surface area contributed by atoms with Crippen LogP contribution in [0.1, 0.15) is 38.5 Å². The summed E-state index contributed by atoms with van der Waals surface area (Å²) in [4.78, 5) is 71.1. The van der Waals surface area contributed by atoms with Crippen molar-refractivity contribution >= 4 is 35.4 Å². The van der Waals surface area contributed by atoms with Gasteiger partial charge in [-0.2, -0.15) is 0 Å². The van der Waals surface area contributed by atoms with E-state index in [1.54, 1.807) is 0 Å². The molecule has 30 heavy (non-hydrogen) atoms. The lowest BCUT2D eigenvalue weighted by molar-refractivity contribution is -0.139. The van der Waals surface area contributed by atoms with Gasteiger partial charge in [-0.1, -0.05) is 12.8 Å². The summed E-state index contributed by atoms with van der Waals surface area (Å²) in [6, 6.07) is 0. The Balaban J connectivity index is 1.41. The van der Waals surface area contributed by atoms with E-state index in [1.807, 2.05) is 0 Å². The molecule has 0 spiro atoms. The van der Waals surface area contributed by atoms with Crippen LogP contribution in [0.15, 0.2) is 24.3 Å². The first-order valence-corrected chi connectivity index (χ1v) is 9.99. The summed E-state index contributed by atoms with van der Waals surface area (Å²) < 4.78 is 0. The van der Waals surface area contributed by atoms with Crippen LogP contribution in [-0.2, 0) is 28.8 Å². The van der Waals surface area contributed by atoms with E-state index in [4.69, 9.17) is 0 Å². The zero-order valence-corrected chi connectivity index (χ0v) is 16.7. The molecule has 0 unspecified atom stereocenters. The maximum atomic E-state index is 11.7. The van der Waals surface area contributed by atoms with E-state index in [1.165, 1.54) is 24.3 Å². The molecule has 0 saturated heterocycles. The van der Waals surface area contributed by atoms with Crippen molar-refractivity contribution in [1.82, 2.24) is 20.4 Å². The Morgan fingerprint density at radius 2 is 0.933 bits per heavy atom. The number of hydrogen-bond acceptors (Lipinski definition) is 6. The van der Waals surface area contributed by atoms with Crippen LogP contribution in [0.25, 0.3) is 0 Å². The van der Waals surface area contributed by atoms with Crippen molar-refractivity contribution in [3.8, 4) is 0 Å². The average Bonchev–Trinajstić information content (AvgIpc) is 3.21. The number of carbonyl (C=O) groups excluding carboxylic acids is 6. The van der Waals surface area contributed by atoms with Crippen molar-refractivity contribution in [1.29, 1.82) is 0 Å². The van der Waals surface area contributed by atoms with E-state index in [9.17, 15) is 28.8 Å².